The van der Waals surface area contributed by atoms with Crippen molar-refractivity contribution >= 4 is 34.0 Å². The molecule has 4 aromatic heterocycles. The molecule has 10 nitrogen and oxygen atoms in total. The summed E-state index contributed by atoms with van der Waals surface area (Å²) in [4.78, 5) is 32.7. The summed E-state index contributed by atoms with van der Waals surface area (Å²) in [6.45, 7) is 0. The van der Waals surface area contributed by atoms with Crippen molar-refractivity contribution in [3.63, 3.8) is 0 Å². The number of aromatic amines is 2. The number of hydrogen-bond donors (Lipinski definition) is 2. The Kier molecular flexibility index (Phi) is 4.66. The Balaban J connectivity index is 1.75. The number of benzene rings is 1. The van der Waals surface area contributed by atoms with Crippen LogP contribution in [-0.4, -0.2) is 50.2 Å². The van der Waals surface area contributed by atoms with Gasteiger partial charge in [-0.1, -0.05) is 6.07 Å². The third-order valence-electron chi connectivity index (χ3n) is 5.00. The predicted octanol–water partition coefficient (Wildman–Crippen LogP) is 2.97. The Morgan fingerprint density at radius 1 is 1.09 bits per heavy atom. The van der Waals surface area contributed by atoms with E-state index in [4.69, 9.17) is 9.47 Å². The number of aryl methyl sites for hydroxylation is 1. The maximum absolute atomic E-state index is 13.1. The number of ether oxygens (including phenoxy) is 2. The number of aliphatic imine (C=N–C) groups is 1. The monoisotopic (exact) mass is 429 g/mol. The lowest BCUT2D eigenvalue weighted by atomic mass is 10.2. The number of H-pyrrole nitrogens is 2. The highest BCUT2D eigenvalue weighted by Crippen LogP contribution is 2.35. The Morgan fingerprint density at radius 3 is 2.66 bits per heavy atom. The zero-order valence-corrected chi connectivity index (χ0v) is 17.6. The van der Waals surface area contributed by atoms with Crippen molar-refractivity contribution in [2.24, 2.45) is 12.0 Å². The second kappa shape index (κ2) is 7.65. The Bertz CT molecular complexity index is 1490. The molecule has 160 valence electrons. The van der Waals surface area contributed by atoms with Gasteiger partial charge in [0.25, 0.3) is 5.56 Å². The lowest BCUT2D eigenvalue weighted by Crippen LogP contribution is -2.10. The number of pyridine rings is 2. The van der Waals surface area contributed by atoms with E-state index < -0.39 is 0 Å². The van der Waals surface area contributed by atoms with Gasteiger partial charge in [-0.15, -0.1) is 0 Å². The first-order chi connectivity index (χ1) is 15.6. The van der Waals surface area contributed by atoms with E-state index in [-0.39, 0.29) is 11.1 Å². The summed E-state index contributed by atoms with van der Waals surface area (Å²) in [5, 5.41) is 4.49. The molecule has 5 aromatic rings. The van der Waals surface area contributed by atoms with E-state index >= 15 is 0 Å². The van der Waals surface area contributed by atoms with Gasteiger partial charge in [-0.2, -0.15) is 5.10 Å². The molecule has 32 heavy (non-hydrogen) atoms. The van der Waals surface area contributed by atoms with Gasteiger partial charge in [-0.05, 0) is 12.1 Å². The van der Waals surface area contributed by atoms with E-state index in [1.165, 1.54) is 0 Å². The highest BCUT2D eigenvalue weighted by Gasteiger charge is 2.20. The molecule has 0 saturated heterocycles. The van der Waals surface area contributed by atoms with Gasteiger partial charge in [-0.3, -0.25) is 19.5 Å². The lowest BCUT2D eigenvalue weighted by Gasteiger charge is -2.06. The van der Waals surface area contributed by atoms with Crippen molar-refractivity contribution in [3.8, 4) is 22.9 Å². The maximum Gasteiger partial charge on any atom is 0.261 e. The molecule has 0 bridgehead atoms. The second-order valence-electron chi connectivity index (χ2n) is 7.07. The van der Waals surface area contributed by atoms with Crippen molar-refractivity contribution in [2.75, 3.05) is 14.2 Å². The Hall–Kier alpha value is -4.47. The van der Waals surface area contributed by atoms with Crippen molar-refractivity contribution in [1.82, 2.24) is 29.7 Å². The quantitative estimate of drug-likeness (QED) is 0.414. The Labute approximate surface area is 181 Å². The van der Waals surface area contributed by atoms with Gasteiger partial charge in [0.05, 0.1) is 42.7 Å². The summed E-state index contributed by atoms with van der Waals surface area (Å²) in [5.41, 5.74) is 3.43. The number of methoxy groups -OCH3 is 2. The molecule has 0 amide bonds. The molecule has 0 aliphatic carbocycles. The largest absolute Gasteiger partial charge is 0.493 e. The van der Waals surface area contributed by atoms with Gasteiger partial charge in [0, 0.05) is 31.6 Å². The molecule has 0 aliphatic rings. The van der Waals surface area contributed by atoms with Crippen LogP contribution < -0.4 is 15.0 Å². The van der Waals surface area contributed by atoms with Gasteiger partial charge in [0.1, 0.15) is 22.6 Å². The van der Waals surface area contributed by atoms with Crippen LogP contribution in [-0.2, 0) is 7.05 Å². The van der Waals surface area contributed by atoms with Crippen molar-refractivity contribution in [1.29, 1.82) is 0 Å². The number of aromatic nitrogens is 6. The normalized spacial score (nSPS) is 11.6. The molecule has 0 spiro atoms. The molecule has 0 fully saturated rings. The minimum absolute atomic E-state index is 0.275. The fourth-order valence-electron chi connectivity index (χ4n) is 3.55. The molecule has 5 rings (SSSR count). The highest BCUT2D eigenvalue weighted by atomic mass is 16.5. The average molecular weight is 429 g/mol. The fraction of sp³-hybridized carbons (Fsp3) is 0.136. The third kappa shape index (κ3) is 3.27. The summed E-state index contributed by atoms with van der Waals surface area (Å²) in [7, 11) is 4.90. The molecule has 4 heterocycles. The van der Waals surface area contributed by atoms with Crippen molar-refractivity contribution in [2.45, 2.75) is 0 Å². The molecule has 0 aliphatic heterocycles. The van der Waals surface area contributed by atoms with Crippen LogP contribution in [0, 0.1) is 0 Å². The molecule has 10 heteroatoms. The van der Waals surface area contributed by atoms with Crippen LogP contribution in [0.5, 0.6) is 11.5 Å². The molecule has 0 unspecified atom stereocenters. The first kappa shape index (κ1) is 19.5. The third-order valence-corrected chi connectivity index (χ3v) is 5.00. The van der Waals surface area contributed by atoms with E-state index in [0.717, 1.165) is 0 Å². The van der Waals surface area contributed by atoms with Crippen LogP contribution in [0.2, 0.25) is 0 Å². The van der Waals surface area contributed by atoms with E-state index in [9.17, 15) is 4.79 Å². The van der Waals surface area contributed by atoms with Gasteiger partial charge in [0.2, 0.25) is 0 Å². The van der Waals surface area contributed by atoms with Crippen LogP contribution in [0.15, 0.2) is 52.5 Å². The van der Waals surface area contributed by atoms with E-state index in [0.29, 0.717) is 50.8 Å². The number of nitrogens with one attached hydrogen (secondary N) is 2. The highest BCUT2D eigenvalue weighted by molar-refractivity contribution is 5.97. The number of rotatable bonds is 5. The summed E-state index contributed by atoms with van der Waals surface area (Å²) in [6, 6.07) is 9.03. The molecule has 2 N–H and O–H groups in total. The average Bonchev–Trinajstić information content (AvgIpc) is 3.38. The van der Waals surface area contributed by atoms with Crippen LogP contribution in [0.1, 0.15) is 5.69 Å². The summed E-state index contributed by atoms with van der Waals surface area (Å²) >= 11 is 0. The van der Waals surface area contributed by atoms with Crippen LogP contribution >= 0.6 is 0 Å². The zero-order valence-electron chi connectivity index (χ0n) is 17.6. The zero-order chi connectivity index (χ0) is 22.2. The molecule has 0 radical (unpaired) electrons. The number of imidazole rings is 1. The minimum atomic E-state index is -0.336. The molecule has 0 atom stereocenters. The SMILES string of the molecule is COc1cc2nc(-c3c(N=Cc4ccccn4)c4nn(C)cc4[nH]c3=O)[nH]c2cc1OC. The standard InChI is InChI=1S/C22H19N7O3/c1-29-11-15-19(28-29)20(24-10-12-6-4-5-7-23-12)18(22(30)27-15)21-25-13-8-16(31-2)17(32-3)9-14(13)26-21/h4-11H,1-3H3,(H,25,26)(H,27,30). The van der Waals surface area contributed by atoms with Gasteiger partial charge in [0.15, 0.2) is 11.5 Å². The van der Waals surface area contributed by atoms with E-state index in [2.05, 4.69) is 30.0 Å². The minimum Gasteiger partial charge on any atom is -0.493 e. The molecular formula is C22H19N7O3. The number of hydrogen-bond acceptors (Lipinski definition) is 7. The van der Waals surface area contributed by atoms with Gasteiger partial charge < -0.3 is 19.4 Å². The van der Waals surface area contributed by atoms with Crippen molar-refractivity contribution in [3.05, 3.63) is 58.8 Å². The maximum atomic E-state index is 13.1. The Morgan fingerprint density at radius 2 is 1.91 bits per heavy atom. The topological polar surface area (TPSA) is 123 Å². The second-order valence-corrected chi connectivity index (χ2v) is 7.07. The van der Waals surface area contributed by atoms with Crippen LogP contribution in [0.25, 0.3) is 33.5 Å². The van der Waals surface area contributed by atoms with E-state index in [1.54, 1.807) is 56.7 Å². The van der Waals surface area contributed by atoms with Crippen molar-refractivity contribution < 1.29 is 9.47 Å². The molecule has 0 saturated carbocycles. The molecular weight excluding hydrogens is 410 g/mol. The van der Waals surface area contributed by atoms with Gasteiger partial charge >= 0.3 is 0 Å². The lowest BCUT2D eigenvalue weighted by molar-refractivity contribution is 0.356. The predicted molar refractivity (Wildman–Crippen MR) is 121 cm³/mol. The number of fused-ring (bicyclic) bond motifs is 2. The van der Waals surface area contributed by atoms with Gasteiger partial charge in [-0.25, -0.2) is 4.98 Å². The summed E-state index contributed by atoms with van der Waals surface area (Å²) in [5.74, 6) is 1.45. The number of nitrogens with zero attached hydrogens (tertiary/aromatic N) is 5. The van der Waals surface area contributed by atoms with Crippen LogP contribution in [0.3, 0.4) is 0 Å². The van der Waals surface area contributed by atoms with E-state index in [1.807, 2.05) is 18.2 Å². The fourth-order valence-corrected chi connectivity index (χ4v) is 3.55. The van der Waals surface area contributed by atoms with Crippen LogP contribution in [0.4, 0.5) is 5.69 Å². The summed E-state index contributed by atoms with van der Waals surface area (Å²) in [6.07, 6.45) is 5.01. The summed E-state index contributed by atoms with van der Waals surface area (Å²) < 4.78 is 12.4. The first-order valence-corrected chi connectivity index (χ1v) is 9.74. The smallest absolute Gasteiger partial charge is 0.261 e. The molecule has 1 aromatic carbocycles. The first-order valence-electron chi connectivity index (χ1n) is 9.74.